The van der Waals surface area contributed by atoms with E-state index in [1.165, 1.54) is 0 Å². The highest BCUT2D eigenvalue weighted by Crippen LogP contribution is 2.39. The first-order valence-electron chi connectivity index (χ1n) is 7.06. The Bertz CT molecular complexity index is 676. The van der Waals surface area contributed by atoms with Gasteiger partial charge in [-0.25, -0.2) is 0 Å². The number of hydrogen-bond donors (Lipinski definition) is 0. The van der Waals surface area contributed by atoms with Crippen molar-refractivity contribution in [3.8, 4) is 0 Å². The molecule has 1 heterocycles. The summed E-state index contributed by atoms with van der Waals surface area (Å²) in [7, 11) is 0. The number of hydrogen-bond acceptors (Lipinski definition) is 1. The molecule has 1 aliphatic heterocycles. The molecule has 1 aliphatic rings. The van der Waals surface area contributed by atoms with Crippen LogP contribution >= 0.6 is 34.8 Å². The molecule has 5 heteroatoms. The number of rotatable bonds is 2. The average Bonchev–Trinajstić information content (AvgIpc) is 2.63. The highest BCUT2D eigenvalue weighted by Gasteiger charge is 2.26. The topological polar surface area (TPSA) is 20.3 Å². The lowest BCUT2D eigenvalue weighted by molar-refractivity contribution is -0.117. The number of aryl methyl sites for hydroxylation is 2. The van der Waals surface area contributed by atoms with E-state index in [4.69, 9.17) is 34.8 Å². The standard InChI is InChI=1S/C17H14Cl3NO/c18-8-7-17(22)21-15-9-13(19)5-3-11(15)1-2-12-4-6-14(20)10-16(12)21/h3-6,9-10H,1-2,7-8H2. The number of amides is 1. The maximum Gasteiger partial charge on any atom is 0.232 e. The second-order valence-electron chi connectivity index (χ2n) is 5.21. The van der Waals surface area contributed by atoms with Crippen molar-refractivity contribution in [1.29, 1.82) is 0 Å². The number of halogens is 3. The second kappa shape index (κ2) is 6.49. The first-order chi connectivity index (χ1) is 10.6. The zero-order valence-electron chi connectivity index (χ0n) is 11.8. The number of benzene rings is 2. The van der Waals surface area contributed by atoms with E-state index in [1.54, 1.807) is 4.90 Å². The summed E-state index contributed by atoms with van der Waals surface area (Å²) >= 11 is 18.1. The molecule has 0 atom stereocenters. The third kappa shape index (κ3) is 2.96. The zero-order chi connectivity index (χ0) is 15.7. The molecule has 114 valence electrons. The SMILES string of the molecule is O=C(CCCl)N1c2cc(Cl)ccc2CCc2ccc(Cl)cc21. The summed E-state index contributed by atoms with van der Waals surface area (Å²) in [6.07, 6.45) is 1.97. The van der Waals surface area contributed by atoms with Crippen molar-refractivity contribution in [2.45, 2.75) is 19.3 Å². The van der Waals surface area contributed by atoms with Gasteiger partial charge in [-0.05, 0) is 48.2 Å². The lowest BCUT2D eigenvalue weighted by Crippen LogP contribution is -2.27. The fourth-order valence-electron chi connectivity index (χ4n) is 2.77. The zero-order valence-corrected chi connectivity index (χ0v) is 14.0. The normalized spacial score (nSPS) is 13.3. The van der Waals surface area contributed by atoms with E-state index in [2.05, 4.69) is 0 Å². The van der Waals surface area contributed by atoms with Gasteiger partial charge in [-0.1, -0.05) is 35.3 Å². The molecule has 2 nitrogen and oxygen atoms in total. The molecule has 0 N–H and O–H groups in total. The van der Waals surface area contributed by atoms with Gasteiger partial charge in [-0.3, -0.25) is 9.69 Å². The lowest BCUT2D eigenvalue weighted by atomic mass is 10.0. The summed E-state index contributed by atoms with van der Waals surface area (Å²) in [4.78, 5) is 14.4. The second-order valence-corrected chi connectivity index (χ2v) is 6.47. The molecule has 0 aliphatic carbocycles. The van der Waals surface area contributed by atoms with Crippen molar-refractivity contribution in [2.75, 3.05) is 10.8 Å². The summed E-state index contributed by atoms with van der Waals surface area (Å²) in [6.45, 7) is 0. The number of carbonyl (C=O) groups excluding carboxylic acids is 1. The van der Waals surface area contributed by atoms with Crippen LogP contribution in [0.1, 0.15) is 17.5 Å². The third-order valence-corrected chi connectivity index (χ3v) is 4.46. The van der Waals surface area contributed by atoms with Crippen LogP contribution in [0, 0.1) is 0 Å². The number of alkyl halides is 1. The summed E-state index contributed by atoms with van der Waals surface area (Å²) in [5.41, 5.74) is 3.84. The average molecular weight is 355 g/mol. The Balaban J connectivity index is 2.21. The van der Waals surface area contributed by atoms with E-state index in [-0.39, 0.29) is 18.2 Å². The maximum atomic E-state index is 12.7. The minimum absolute atomic E-state index is 0.0519. The van der Waals surface area contributed by atoms with Gasteiger partial charge in [-0.15, -0.1) is 11.6 Å². The molecule has 2 aromatic carbocycles. The molecule has 0 saturated heterocycles. The van der Waals surface area contributed by atoms with E-state index in [9.17, 15) is 4.79 Å². The fourth-order valence-corrected chi connectivity index (χ4v) is 3.27. The predicted octanol–water partition coefficient (Wildman–Crippen LogP) is 5.39. The van der Waals surface area contributed by atoms with Gasteiger partial charge in [0, 0.05) is 22.3 Å². The lowest BCUT2D eigenvalue weighted by Gasteiger charge is -2.25. The van der Waals surface area contributed by atoms with Gasteiger partial charge in [0.05, 0.1) is 11.4 Å². The van der Waals surface area contributed by atoms with Crippen molar-refractivity contribution < 1.29 is 4.79 Å². The molecule has 3 rings (SSSR count). The minimum atomic E-state index is -0.0519. The highest BCUT2D eigenvalue weighted by molar-refractivity contribution is 6.31. The number of fused-ring (bicyclic) bond motifs is 2. The Labute approximate surface area is 144 Å². The van der Waals surface area contributed by atoms with E-state index < -0.39 is 0 Å². The maximum absolute atomic E-state index is 12.7. The van der Waals surface area contributed by atoms with Crippen molar-refractivity contribution in [3.05, 3.63) is 57.6 Å². The van der Waals surface area contributed by atoms with Crippen LogP contribution in [0.2, 0.25) is 10.0 Å². The molecular formula is C17H14Cl3NO. The summed E-state index contributed by atoms with van der Waals surface area (Å²) < 4.78 is 0. The van der Waals surface area contributed by atoms with Crippen LogP contribution in [0.5, 0.6) is 0 Å². The smallest absolute Gasteiger partial charge is 0.232 e. The molecule has 0 aromatic heterocycles. The Kier molecular flexibility index (Phi) is 4.62. The van der Waals surface area contributed by atoms with Crippen LogP contribution < -0.4 is 4.90 Å². The van der Waals surface area contributed by atoms with Gasteiger partial charge in [0.2, 0.25) is 5.91 Å². The van der Waals surface area contributed by atoms with Crippen LogP contribution in [0.25, 0.3) is 0 Å². The molecule has 0 fully saturated rings. The summed E-state index contributed by atoms with van der Waals surface area (Å²) in [6, 6.07) is 11.3. The minimum Gasteiger partial charge on any atom is -0.280 e. The van der Waals surface area contributed by atoms with Crippen molar-refractivity contribution in [3.63, 3.8) is 0 Å². The first-order valence-corrected chi connectivity index (χ1v) is 8.35. The molecule has 2 aromatic rings. The fraction of sp³-hybridized carbons (Fsp3) is 0.235. The van der Waals surface area contributed by atoms with Crippen LogP contribution in [0.3, 0.4) is 0 Å². The van der Waals surface area contributed by atoms with Crippen molar-refractivity contribution in [2.24, 2.45) is 0 Å². The molecule has 0 bridgehead atoms. The quantitative estimate of drug-likeness (QED) is 0.662. The number of carbonyl (C=O) groups is 1. The van der Waals surface area contributed by atoms with Gasteiger partial charge in [-0.2, -0.15) is 0 Å². The van der Waals surface area contributed by atoms with Crippen LogP contribution in [-0.2, 0) is 17.6 Å². The molecule has 0 saturated carbocycles. The Morgan fingerprint density at radius 3 is 1.91 bits per heavy atom. The number of nitrogens with zero attached hydrogens (tertiary/aromatic N) is 1. The monoisotopic (exact) mass is 353 g/mol. The van der Waals surface area contributed by atoms with Gasteiger partial charge < -0.3 is 0 Å². The molecule has 0 unspecified atom stereocenters. The van der Waals surface area contributed by atoms with Crippen molar-refractivity contribution >= 4 is 52.1 Å². The van der Waals surface area contributed by atoms with Gasteiger partial charge in [0.15, 0.2) is 0 Å². The largest absolute Gasteiger partial charge is 0.280 e. The van der Waals surface area contributed by atoms with Crippen LogP contribution in [0.15, 0.2) is 36.4 Å². The van der Waals surface area contributed by atoms with E-state index >= 15 is 0 Å². The van der Waals surface area contributed by atoms with E-state index in [1.807, 2.05) is 36.4 Å². The van der Waals surface area contributed by atoms with Gasteiger partial charge in [0.1, 0.15) is 0 Å². The molecule has 0 radical (unpaired) electrons. The summed E-state index contributed by atoms with van der Waals surface area (Å²) in [5.74, 6) is 0.227. The van der Waals surface area contributed by atoms with Crippen LogP contribution in [-0.4, -0.2) is 11.8 Å². The first kappa shape index (κ1) is 15.7. The van der Waals surface area contributed by atoms with Gasteiger partial charge >= 0.3 is 0 Å². The molecular weight excluding hydrogens is 341 g/mol. The predicted molar refractivity (Wildman–Crippen MR) is 92.8 cm³/mol. The van der Waals surface area contributed by atoms with E-state index in [0.717, 1.165) is 35.3 Å². The van der Waals surface area contributed by atoms with Crippen LogP contribution in [0.4, 0.5) is 11.4 Å². The van der Waals surface area contributed by atoms with Crippen molar-refractivity contribution in [1.82, 2.24) is 0 Å². The Morgan fingerprint density at radius 1 is 0.955 bits per heavy atom. The van der Waals surface area contributed by atoms with E-state index in [0.29, 0.717) is 10.0 Å². The van der Waals surface area contributed by atoms with Gasteiger partial charge in [0.25, 0.3) is 0 Å². The summed E-state index contributed by atoms with van der Waals surface area (Å²) in [5, 5.41) is 1.21. The highest BCUT2D eigenvalue weighted by atomic mass is 35.5. The Morgan fingerprint density at radius 2 is 1.45 bits per heavy atom. The third-order valence-electron chi connectivity index (χ3n) is 3.80. The molecule has 0 spiro atoms. The Hall–Kier alpha value is -1.22. The molecule has 22 heavy (non-hydrogen) atoms. The number of anilines is 2. The molecule has 1 amide bonds.